The topological polar surface area (TPSA) is 40.5 Å². The Morgan fingerprint density at radius 1 is 0.422 bits per heavy atom. The molecule has 0 bridgehead atoms. The molecule has 0 amide bonds. The van der Waals surface area contributed by atoms with Crippen molar-refractivity contribution in [1.82, 2.24) is 0 Å². The van der Waals surface area contributed by atoms with Gasteiger partial charge in [-0.25, -0.2) is 0 Å². The molecular weight excluding hydrogens is 567 g/mol. The molecular formula is C42H55O2P. The third-order valence-corrected chi connectivity index (χ3v) is 13.7. The summed E-state index contributed by atoms with van der Waals surface area (Å²) >= 11 is 0. The van der Waals surface area contributed by atoms with Crippen LogP contribution >= 0.6 is 7.06 Å². The second kappa shape index (κ2) is 10.1. The van der Waals surface area contributed by atoms with E-state index in [2.05, 4.69) is 145 Å². The first-order valence-corrected chi connectivity index (χ1v) is 18.6. The van der Waals surface area contributed by atoms with Gasteiger partial charge in [0.25, 0.3) is 0 Å². The van der Waals surface area contributed by atoms with E-state index in [0.29, 0.717) is 15.9 Å². The fourth-order valence-corrected chi connectivity index (χ4v) is 12.0. The summed E-state index contributed by atoms with van der Waals surface area (Å²) in [4.78, 5) is 28.3. The van der Waals surface area contributed by atoms with E-state index >= 15 is 0 Å². The second-order valence-electron chi connectivity index (χ2n) is 17.6. The Morgan fingerprint density at radius 3 is 1.20 bits per heavy atom. The first-order chi connectivity index (χ1) is 20.4. The van der Waals surface area contributed by atoms with E-state index in [4.69, 9.17) is 0 Å². The Hall–Kier alpha value is -2.77. The Kier molecular flexibility index (Phi) is 7.55. The van der Waals surface area contributed by atoms with Crippen LogP contribution in [0, 0.1) is 13.8 Å². The van der Waals surface area contributed by atoms with Crippen LogP contribution in [-0.2, 0) is 21.7 Å². The van der Waals surface area contributed by atoms with Gasteiger partial charge in [-0.15, -0.1) is 0 Å². The molecule has 5 rings (SSSR count). The number of rotatable bonds is 3. The van der Waals surface area contributed by atoms with Gasteiger partial charge in [0.1, 0.15) is 0 Å². The molecule has 0 aromatic heterocycles. The molecule has 240 valence electrons. The molecule has 1 aliphatic rings. The molecule has 4 aromatic carbocycles. The summed E-state index contributed by atoms with van der Waals surface area (Å²) < 4.78 is 0. The van der Waals surface area contributed by atoms with Crippen LogP contribution in [0.2, 0.25) is 0 Å². The van der Waals surface area contributed by atoms with Gasteiger partial charge in [-0.05, 0) is 0 Å². The fraction of sp³-hybridized carbons (Fsp3) is 0.429. The van der Waals surface area contributed by atoms with Gasteiger partial charge < -0.3 is 0 Å². The van der Waals surface area contributed by atoms with Crippen LogP contribution in [0.15, 0.2) is 66.7 Å². The maximum atomic E-state index is 14.2. The van der Waals surface area contributed by atoms with Gasteiger partial charge in [-0.3, -0.25) is 0 Å². The summed E-state index contributed by atoms with van der Waals surface area (Å²) in [6, 6.07) is 23.3. The van der Waals surface area contributed by atoms with Gasteiger partial charge in [0, 0.05) is 0 Å². The monoisotopic (exact) mass is 622 g/mol. The number of hydrogen-bond acceptors (Lipinski definition) is 2. The fourth-order valence-electron chi connectivity index (χ4n) is 7.57. The number of benzene rings is 4. The summed E-state index contributed by atoms with van der Waals surface area (Å²) in [5, 5.41) is 1.95. The average Bonchev–Trinajstić information content (AvgIpc) is 2.88. The molecule has 0 saturated heterocycles. The Balaban J connectivity index is 2.06. The molecule has 0 heterocycles. The molecule has 0 aliphatic heterocycles. The van der Waals surface area contributed by atoms with E-state index in [1.165, 1.54) is 16.7 Å². The van der Waals surface area contributed by atoms with Crippen molar-refractivity contribution in [3.05, 3.63) is 100 Å². The van der Waals surface area contributed by atoms with Crippen molar-refractivity contribution < 1.29 is 9.79 Å². The summed E-state index contributed by atoms with van der Waals surface area (Å²) in [6.07, 6.45) is 0. The van der Waals surface area contributed by atoms with Crippen molar-refractivity contribution in [1.29, 1.82) is 0 Å². The average molecular weight is 623 g/mol. The van der Waals surface area contributed by atoms with Crippen molar-refractivity contribution in [2.24, 2.45) is 0 Å². The zero-order valence-corrected chi connectivity index (χ0v) is 31.1. The minimum atomic E-state index is -5.15. The van der Waals surface area contributed by atoms with E-state index < -0.39 is 7.06 Å². The molecule has 0 spiro atoms. The van der Waals surface area contributed by atoms with Gasteiger partial charge in [-0.2, -0.15) is 0 Å². The van der Waals surface area contributed by atoms with Crippen LogP contribution in [0.3, 0.4) is 0 Å². The molecule has 4 aromatic rings. The Bertz CT molecular complexity index is 1740. The third kappa shape index (κ3) is 5.22. The van der Waals surface area contributed by atoms with Crippen molar-refractivity contribution in [2.45, 2.75) is 119 Å². The normalized spacial score (nSPS) is 14.7. The minimum absolute atomic E-state index is 0.0963. The first-order valence-electron chi connectivity index (χ1n) is 16.5. The van der Waals surface area contributed by atoms with Crippen molar-refractivity contribution in [2.75, 3.05) is 0 Å². The van der Waals surface area contributed by atoms with Crippen LogP contribution < -0.4 is 15.9 Å². The van der Waals surface area contributed by atoms with Crippen LogP contribution in [0.5, 0.6) is 0 Å². The first kappa shape index (κ1) is 33.6. The van der Waals surface area contributed by atoms with Crippen LogP contribution in [0.25, 0.3) is 22.3 Å². The standard InChI is InChI=1S/C42H55O2P/c1-26-22-36(33(41(9,10)11)24-31(26)39(3,4)5)45(43,44,35-21-17-20-30-28-18-15-16-19-29(28)38(30)35)37-23-27(2)32(40(6,7)8)25-34(37)42(12,13)14/h15-25,43-44H,1-14H3. The molecule has 0 unspecified atom stereocenters. The van der Waals surface area contributed by atoms with Crippen LogP contribution in [0.1, 0.15) is 116 Å². The van der Waals surface area contributed by atoms with Crippen LogP contribution in [-0.4, -0.2) is 9.79 Å². The van der Waals surface area contributed by atoms with E-state index in [1.54, 1.807) is 0 Å². The summed E-state index contributed by atoms with van der Waals surface area (Å²) in [5.74, 6) is 0. The summed E-state index contributed by atoms with van der Waals surface area (Å²) in [5.41, 5.74) is 10.0. The Morgan fingerprint density at radius 2 is 0.800 bits per heavy atom. The predicted molar refractivity (Wildman–Crippen MR) is 198 cm³/mol. The SMILES string of the molecule is Cc1cc(P(O)(O)(c2cc(C)c(C(C)(C)C)cc2C(C)(C)C)c2cccc3c2-c2ccccc2-3)c(C(C)(C)C)cc1C(C)(C)C. The van der Waals surface area contributed by atoms with Crippen LogP contribution in [0.4, 0.5) is 0 Å². The molecule has 0 radical (unpaired) electrons. The molecule has 1 aliphatic carbocycles. The summed E-state index contributed by atoms with van der Waals surface area (Å²) in [7, 11) is -5.15. The molecule has 0 saturated carbocycles. The van der Waals surface area contributed by atoms with Gasteiger partial charge in [0.15, 0.2) is 0 Å². The maximum absolute atomic E-state index is 14.2. The molecule has 2 N–H and O–H groups in total. The number of fused-ring (bicyclic) bond motifs is 4. The molecule has 45 heavy (non-hydrogen) atoms. The zero-order valence-electron chi connectivity index (χ0n) is 30.2. The summed E-state index contributed by atoms with van der Waals surface area (Å²) in [6.45, 7) is 30.9. The van der Waals surface area contributed by atoms with Gasteiger partial charge in [0.05, 0.1) is 0 Å². The number of aryl methyl sites for hydroxylation is 2. The van der Waals surface area contributed by atoms with Crippen molar-refractivity contribution >= 4 is 23.0 Å². The van der Waals surface area contributed by atoms with Crippen molar-refractivity contribution in [3.8, 4) is 22.3 Å². The quantitative estimate of drug-likeness (QED) is 0.197. The Labute approximate surface area is 273 Å². The number of hydrogen-bond donors (Lipinski definition) is 2. The molecule has 3 heteroatoms. The zero-order chi connectivity index (χ0) is 33.7. The molecule has 0 atom stereocenters. The molecule has 2 nitrogen and oxygen atoms in total. The van der Waals surface area contributed by atoms with E-state index in [9.17, 15) is 9.79 Å². The predicted octanol–water partition coefficient (Wildman–Crippen LogP) is 9.79. The van der Waals surface area contributed by atoms with Gasteiger partial charge in [-0.1, -0.05) is 0 Å². The van der Waals surface area contributed by atoms with Gasteiger partial charge in [0.2, 0.25) is 0 Å². The van der Waals surface area contributed by atoms with Crippen molar-refractivity contribution in [3.63, 3.8) is 0 Å². The third-order valence-electron chi connectivity index (χ3n) is 9.82. The second-order valence-corrected chi connectivity index (χ2v) is 21.1. The van der Waals surface area contributed by atoms with E-state index in [1.807, 2.05) is 18.2 Å². The van der Waals surface area contributed by atoms with E-state index in [0.717, 1.165) is 38.9 Å². The van der Waals surface area contributed by atoms with E-state index in [-0.39, 0.29) is 21.7 Å². The molecule has 0 fully saturated rings. The van der Waals surface area contributed by atoms with Gasteiger partial charge >= 0.3 is 274 Å².